The van der Waals surface area contributed by atoms with E-state index in [1.807, 2.05) is 18.2 Å². The van der Waals surface area contributed by atoms with Crippen LogP contribution in [0.4, 0.5) is 0 Å². The van der Waals surface area contributed by atoms with Crippen molar-refractivity contribution in [2.45, 2.75) is 26.3 Å². The number of aliphatic carboxylic acids is 1. The zero-order valence-electron chi connectivity index (χ0n) is 11.1. The molecule has 1 N–H and O–H groups in total. The summed E-state index contributed by atoms with van der Waals surface area (Å²) in [5.74, 6) is -1.12. The summed E-state index contributed by atoms with van der Waals surface area (Å²) in [4.78, 5) is 24.1. The van der Waals surface area contributed by atoms with Crippen molar-refractivity contribution in [1.29, 1.82) is 0 Å². The Bertz CT molecular complexity index is 462. The Labute approximate surface area is 118 Å². The van der Waals surface area contributed by atoms with Crippen LogP contribution in [0.25, 0.3) is 0 Å². The van der Waals surface area contributed by atoms with Crippen molar-refractivity contribution in [3.05, 3.63) is 34.9 Å². The third-order valence-corrected chi connectivity index (χ3v) is 3.21. The molecule has 0 aliphatic heterocycles. The maximum absolute atomic E-state index is 11.9. The largest absolute Gasteiger partial charge is 0.481 e. The minimum atomic E-state index is -0.881. The number of nitrogens with zero attached hydrogens (tertiary/aromatic N) is 1. The van der Waals surface area contributed by atoms with Crippen LogP contribution >= 0.6 is 11.6 Å². The van der Waals surface area contributed by atoms with Gasteiger partial charge in [-0.05, 0) is 17.5 Å². The molecule has 0 saturated heterocycles. The highest BCUT2D eigenvalue weighted by molar-refractivity contribution is 6.31. The molecule has 0 saturated carbocycles. The number of hydrogen-bond acceptors (Lipinski definition) is 2. The van der Waals surface area contributed by atoms with Crippen molar-refractivity contribution in [3.63, 3.8) is 0 Å². The van der Waals surface area contributed by atoms with Gasteiger partial charge in [0.2, 0.25) is 5.91 Å². The number of benzene rings is 1. The lowest BCUT2D eigenvalue weighted by Crippen LogP contribution is -2.28. The second-order valence-electron chi connectivity index (χ2n) is 4.75. The van der Waals surface area contributed by atoms with Gasteiger partial charge >= 0.3 is 5.97 Å². The Balaban J connectivity index is 2.54. The predicted molar refractivity (Wildman–Crippen MR) is 74.0 cm³/mol. The summed E-state index contributed by atoms with van der Waals surface area (Å²) in [5, 5.41) is 9.29. The molecule has 1 rings (SSSR count). The standard InChI is InChI=1S/C14H18ClNO3/c1-10(8-14(18)19)7-13(17)16(2)9-11-5-3-4-6-12(11)15/h3-6,10H,7-9H2,1-2H3,(H,18,19). The normalized spacial score (nSPS) is 11.9. The molecule has 1 unspecified atom stereocenters. The molecule has 0 aliphatic carbocycles. The molecule has 0 heterocycles. The zero-order valence-corrected chi connectivity index (χ0v) is 11.9. The van der Waals surface area contributed by atoms with Gasteiger partial charge in [0.15, 0.2) is 0 Å². The Morgan fingerprint density at radius 1 is 1.32 bits per heavy atom. The first-order valence-corrected chi connectivity index (χ1v) is 6.47. The van der Waals surface area contributed by atoms with Crippen molar-refractivity contribution < 1.29 is 14.7 Å². The summed E-state index contributed by atoms with van der Waals surface area (Å²) in [6.45, 7) is 2.19. The molecular formula is C14H18ClNO3. The number of carboxylic acids is 1. The number of rotatable bonds is 6. The third kappa shape index (κ3) is 5.30. The number of carbonyl (C=O) groups excluding carboxylic acids is 1. The highest BCUT2D eigenvalue weighted by atomic mass is 35.5. The number of halogens is 1. The van der Waals surface area contributed by atoms with Gasteiger partial charge in [-0.3, -0.25) is 9.59 Å². The van der Waals surface area contributed by atoms with Crippen molar-refractivity contribution in [1.82, 2.24) is 4.90 Å². The summed E-state index contributed by atoms with van der Waals surface area (Å²) >= 11 is 6.03. The Kier molecular flexibility index (Phi) is 5.83. The molecule has 19 heavy (non-hydrogen) atoms. The minimum Gasteiger partial charge on any atom is -0.481 e. The van der Waals surface area contributed by atoms with Gasteiger partial charge in [-0.2, -0.15) is 0 Å². The highest BCUT2D eigenvalue weighted by Crippen LogP contribution is 2.17. The van der Waals surface area contributed by atoms with E-state index in [0.29, 0.717) is 11.6 Å². The summed E-state index contributed by atoms with van der Waals surface area (Å²) in [6.07, 6.45) is 0.235. The fraction of sp³-hybridized carbons (Fsp3) is 0.429. The Morgan fingerprint density at radius 2 is 1.95 bits per heavy atom. The van der Waals surface area contributed by atoms with Gasteiger partial charge in [0.05, 0.1) is 0 Å². The van der Waals surface area contributed by atoms with E-state index in [0.717, 1.165) is 5.56 Å². The average molecular weight is 284 g/mol. The topological polar surface area (TPSA) is 57.6 Å². The van der Waals surface area contributed by atoms with Crippen LogP contribution < -0.4 is 0 Å². The molecule has 1 aromatic carbocycles. The van der Waals surface area contributed by atoms with Crippen molar-refractivity contribution in [2.75, 3.05) is 7.05 Å². The fourth-order valence-corrected chi connectivity index (χ4v) is 1.99. The lowest BCUT2D eigenvalue weighted by Gasteiger charge is -2.19. The predicted octanol–water partition coefficient (Wildman–Crippen LogP) is 2.80. The van der Waals surface area contributed by atoms with Crippen LogP contribution in [-0.4, -0.2) is 28.9 Å². The van der Waals surface area contributed by atoms with Crippen molar-refractivity contribution >= 4 is 23.5 Å². The summed E-state index contributed by atoms with van der Waals surface area (Å²) in [7, 11) is 1.69. The average Bonchev–Trinajstić information content (AvgIpc) is 2.30. The van der Waals surface area contributed by atoms with E-state index in [9.17, 15) is 9.59 Å². The van der Waals surface area contributed by atoms with Gasteiger partial charge in [-0.15, -0.1) is 0 Å². The molecule has 4 nitrogen and oxygen atoms in total. The fourth-order valence-electron chi connectivity index (χ4n) is 1.79. The first-order valence-electron chi connectivity index (χ1n) is 6.09. The lowest BCUT2D eigenvalue weighted by molar-refractivity contribution is -0.138. The van der Waals surface area contributed by atoms with Gasteiger partial charge in [-0.25, -0.2) is 0 Å². The van der Waals surface area contributed by atoms with E-state index in [1.54, 1.807) is 24.9 Å². The van der Waals surface area contributed by atoms with Crippen LogP contribution in [-0.2, 0) is 16.1 Å². The first-order chi connectivity index (χ1) is 8.90. The zero-order chi connectivity index (χ0) is 14.4. The molecule has 0 aromatic heterocycles. The molecular weight excluding hydrogens is 266 g/mol. The van der Waals surface area contributed by atoms with E-state index in [2.05, 4.69) is 0 Å². The van der Waals surface area contributed by atoms with Crippen LogP contribution in [0.3, 0.4) is 0 Å². The van der Waals surface area contributed by atoms with Crippen molar-refractivity contribution in [2.24, 2.45) is 5.92 Å². The molecule has 0 bridgehead atoms. The summed E-state index contributed by atoms with van der Waals surface area (Å²) < 4.78 is 0. The van der Waals surface area contributed by atoms with E-state index in [4.69, 9.17) is 16.7 Å². The van der Waals surface area contributed by atoms with Crippen LogP contribution in [0, 0.1) is 5.92 Å². The number of carbonyl (C=O) groups is 2. The minimum absolute atomic E-state index is 0.00563. The quantitative estimate of drug-likeness (QED) is 0.873. The molecule has 0 aliphatic rings. The second-order valence-corrected chi connectivity index (χ2v) is 5.16. The third-order valence-electron chi connectivity index (χ3n) is 2.84. The van der Waals surface area contributed by atoms with E-state index in [1.165, 1.54) is 0 Å². The number of amides is 1. The number of carboxylic acid groups (broad SMARTS) is 1. The summed E-state index contributed by atoms with van der Waals surface area (Å²) in [5.41, 5.74) is 0.880. The van der Waals surface area contributed by atoms with Crippen molar-refractivity contribution in [3.8, 4) is 0 Å². The van der Waals surface area contributed by atoms with E-state index >= 15 is 0 Å². The molecule has 1 aromatic rings. The van der Waals surface area contributed by atoms with Crippen LogP contribution in [0.1, 0.15) is 25.3 Å². The molecule has 0 fully saturated rings. The highest BCUT2D eigenvalue weighted by Gasteiger charge is 2.16. The molecule has 0 spiro atoms. The Hall–Kier alpha value is -1.55. The lowest BCUT2D eigenvalue weighted by atomic mass is 10.0. The maximum atomic E-state index is 11.9. The SMILES string of the molecule is CC(CC(=O)O)CC(=O)N(C)Cc1ccccc1Cl. The van der Waals surface area contributed by atoms with Crippen LogP contribution in [0.5, 0.6) is 0 Å². The number of hydrogen-bond donors (Lipinski definition) is 1. The molecule has 1 amide bonds. The van der Waals surface area contributed by atoms with Gasteiger partial charge in [0, 0.05) is 31.5 Å². The monoisotopic (exact) mass is 283 g/mol. The Morgan fingerprint density at radius 3 is 2.53 bits per heavy atom. The van der Waals surface area contributed by atoms with Crippen LogP contribution in [0.2, 0.25) is 5.02 Å². The van der Waals surface area contributed by atoms with E-state index in [-0.39, 0.29) is 24.7 Å². The van der Waals surface area contributed by atoms with E-state index < -0.39 is 5.97 Å². The first kappa shape index (κ1) is 15.5. The van der Waals surface area contributed by atoms with Gasteiger partial charge < -0.3 is 10.0 Å². The molecule has 1 atom stereocenters. The molecule has 5 heteroatoms. The summed E-state index contributed by atoms with van der Waals surface area (Å²) in [6, 6.07) is 7.35. The smallest absolute Gasteiger partial charge is 0.303 e. The van der Waals surface area contributed by atoms with Gasteiger partial charge in [0.25, 0.3) is 0 Å². The maximum Gasteiger partial charge on any atom is 0.303 e. The molecule has 0 radical (unpaired) electrons. The molecule has 104 valence electrons. The van der Waals surface area contributed by atoms with Gasteiger partial charge in [-0.1, -0.05) is 36.7 Å². The van der Waals surface area contributed by atoms with Gasteiger partial charge in [0.1, 0.15) is 0 Å². The second kappa shape index (κ2) is 7.14. The van der Waals surface area contributed by atoms with Crippen LogP contribution in [0.15, 0.2) is 24.3 Å².